The van der Waals surface area contributed by atoms with Crippen LogP contribution in [0.5, 0.6) is 0 Å². The highest BCUT2D eigenvalue weighted by Gasteiger charge is 2.53. The van der Waals surface area contributed by atoms with Crippen LogP contribution in [0.1, 0.15) is 18.4 Å². The van der Waals surface area contributed by atoms with E-state index in [-0.39, 0.29) is 29.0 Å². The third-order valence-corrected chi connectivity index (χ3v) is 5.41. The summed E-state index contributed by atoms with van der Waals surface area (Å²) in [5.41, 5.74) is 0.427. The third kappa shape index (κ3) is 3.27. The van der Waals surface area contributed by atoms with E-state index in [4.69, 9.17) is 5.73 Å². The Balaban J connectivity index is 1.97. The summed E-state index contributed by atoms with van der Waals surface area (Å²) in [5, 5.41) is 5.04. The van der Waals surface area contributed by atoms with Crippen molar-refractivity contribution in [2.75, 3.05) is 18.1 Å². The van der Waals surface area contributed by atoms with Crippen molar-refractivity contribution < 1.29 is 26.0 Å². The molecular formula is C13H15F4N5O2S. The zero-order valence-electron chi connectivity index (χ0n) is 12.9. The van der Waals surface area contributed by atoms with E-state index < -0.39 is 33.8 Å². The molecule has 138 valence electrons. The summed E-state index contributed by atoms with van der Waals surface area (Å²) in [4.78, 5) is 3.90. The highest BCUT2D eigenvalue weighted by molar-refractivity contribution is 7.90. The van der Waals surface area contributed by atoms with Crippen LogP contribution < -0.4 is 10.7 Å². The van der Waals surface area contributed by atoms with Gasteiger partial charge in [0.15, 0.2) is 11.6 Å². The molecule has 1 saturated carbocycles. The van der Waals surface area contributed by atoms with Gasteiger partial charge < -0.3 is 5.73 Å². The van der Waals surface area contributed by atoms with Gasteiger partial charge in [0.05, 0.1) is 13.1 Å². The van der Waals surface area contributed by atoms with Gasteiger partial charge in [0, 0.05) is 18.7 Å². The molecule has 0 radical (unpaired) electrons. The summed E-state index contributed by atoms with van der Waals surface area (Å²) in [6.45, 7) is -0.660. The topological polar surface area (TPSA) is 91.9 Å². The van der Waals surface area contributed by atoms with Gasteiger partial charge in [0.25, 0.3) is 0 Å². The van der Waals surface area contributed by atoms with E-state index in [1.807, 2.05) is 0 Å². The SMILES string of the molecule is NCc1cnc(N2CCN(S(=O)(=O)C(F)(F)F)C(C3CC3)=N2)c(F)c1. The van der Waals surface area contributed by atoms with Gasteiger partial charge in [-0.05, 0) is 24.5 Å². The normalized spacial score (nSPS) is 19.2. The third-order valence-electron chi connectivity index (χ3n) is 3.88. The van der Waals surface area contributed by atoms with E-state index in [1.165, 1.54) is 6.20 Å². The molecule has 3 rings (SSSR count). The molecule has 25 heavy (non-hydrogen) atoms. The van der Waals surface area contributed by atoms with Crippen molar-refractivity contribution in [3.63, 3.8) is 0 Å². The van der Waals surface area contributed by atoms with E-state index in [0.29, 0.717) is 18.4 Å². The Morgan fingerprint density at radius 3 is 2.48 bits per heavy atom. The maximum Gasteiger partial charge on any atom is 0.516 e. The number of amidine groups is 1. The van der Waals surface area contributed by atoms with Gasteiger partial charge in [-0.1, -0.05) is 0 Å². The predicted octanol–water partition coefficient (Wildman–Crippen LogP) is 1.37. The summed E-state index contributed by atoms with van der Waals surface area (Å²) >= 11 is 0. The van der Waals surface area contributed by atoms with Crippen molar-refractivity contribution in [2.24, 2.45) is 16.8 Å². The van der Waals surface area contributed by atoms with Gasteiger partial charge in [-0.2, -0.15) is 26.7 Å². The summed E-state index contributed by atoms with van der Waals surface area (Å²) in [5.74, 6) is -1.53. The van der Waals surface area contributed by atoms with Crippen LogP contribution in [0, 0.1) is 11.7 Å². The summed E-state index contributed by atoms with van der Waals surface area (Å²) in [6.07, 6.45) is 2.39. The monoisotopic (exact) mass is 381 g/mol. The first-order valence-corrected chi connectivity index (χ1v) is 8.88. The molecule has 1 fully saturated rings. The minimum Gasteiger partial charge on any atom is -0.326 e. The van der Waals surface area contributed by atoms with E-state index in [9.17, 15) is 26.0 Å². The van der Waals surface area contributed by atoms with Crippen molar-refractivity contribution >= 4 is 21.7 Å². The lowest BCUT2D eigenvalue weighted by Gasteiger charge is -2.34. The molecule has 2 N–H and O–H groups in total. The lowest BCUT2D eigenvalue weighted by Crippen LogP contribution is -2.51. The number of hydrogen-bond acceptors (Lipinski definition) is 6. The van der Waals surface area contributed by atoms with E-state index >= 15 is 0 Å². The van der Waals surface area contributed by atoms with Crippen molar-refractivity contribution in [3.05, 3.63) is 23.6 Å². The second-order valence-electron chi connectivity index (χ2n) is 5.73. The average Bonchev–Trinajstić information content (AvgIpc) is 3.38. The predicted molar refractivity (Wildman–Crippen MR) is 81.3 cm³/mol. The van der Waals surface area contributed by atoms with Crippen LogP contribution in [-0.4, -0.2) is 42.1 Å². The smallest absolute Gasteiger partial charge is 0.326 e. The molecule has 0 spiro atoms. The van der Waals surface area contributed by atoms with Gasteiger partial charge in [-0.3, -0.25) is 0 Å². The number of anilines is 1. The van der Waals surface area contributed by atoms with Gasteiger partial charge in [-0.15, -0.1) is 0 Å². The molecule has 1 aromatic heterocycles. The number of halogens is 4. The van der Waals surface area contributed by atoms with E-state index in [1.54, 1.807) is 0 Å². The number of rotatable bonds is 4. The van der Waals surface area contributed by atoms with Gasteiger partial charge in [0.1, 0.15) is 5.84 Å². The second-order valence-corrected chi connectivity index (χ2v) is 7.59. The molecule has 7 nitrogen and oxygen atoms in total. The Morgan fingerprint density at radius 1 is 1.28 bits per heavy atom. The molecular weight excluding hydrogens is 366 g/mol. The number of sulfonamides is 1. The number of alkyl halides is 3. The standard InChI is InChI=1S/C13H15F4N5O2S/c14-10-5-8(6-18)7-19-12(10)21-3-4-22(11(20-21)9-1-2-9)25(23,24)13(15,16)17/h5,7,9H,1-4,6,18H2. The van der Waals surface area contributed by atoms with Crippen molar-refractivity contribution in [2.45, 2.75) is 24.9 Å². The van der Waals surface area contributed by atoms with Gasteiger partial charge in [-0.25, -0.2) is 18.7 Å². The number of pyridine rings is 1. The minimum atomic E-state index is -5.53. The maximum absolute atomic E-state index is 14.1. The Labute approximate surface area is 141 Å². The number of hydrogen-bond donors (Lipinski definition) is 1. The van der Waals surface area contributed by atoms with Crippen molar-refractivity contribution in [1.82, 2.24) is 9.29 Å². The van der Waals surface area contributed by atoms with Crippen LogP contribution in [0.15, 0.2) is 17.4 Å². The first-order chi connectivity index (χ1) is 11.6. The summed E-state index contributed by atoms with van der Waals surface area (Å²) in [7, 11) is -5.53. The molecule has 12 heteroatoms. The van der Waals surface area contributed by atoms with Crippen LogP contribution >= 0.6 is 0 Å². The molecule has 0 atom stereocenters. The molecule has 1 aliphatic heterocycles. The second kappa shape index (κ2) is 6.09. The number of aromatic nitrogens is 1. The first-order valence-electron chi connectivity index (χ1n) is 7.44. The molecule has 0 amide bonds. The Morgan fingerprint density at radius 2 is 1.96 bits per heavy atom. The Hall–Kier alpha value is -1.95. The van der Waals surface area contributed by atoms with E-state index in [0.717, 1.165) is 11.1 Å². The van der Waals surface area contributed by atoms with Crippen LogP contribution in [0.2, 0.25) is 0 Å². The Kier molecular flexibility index (Phi) is 4.35. The molecule has 2 aliphatic rings. The van der Waals surface area contributed by atoms with Crippen molar-refractivity contribution in [1.29, 1.82) is 0 Å². The maximum atomic E-state index is 14.1. The number of nitrogens with two attached hydrogens (primary N) is 1. The molecule has 1 aromatic rings. The lowest BCUT2D eigenvalue weighted by atomic mass is 10.2. The van der Waals surface area contributed by atoms with Crippen LogP contribution in [0.4, 0.5) is 23.4 Å². The molecule has 0 unspecified atom stereocenters. The van der Waals surface area contributed by atoms with Gasteiger partial charge in [0.2, 0.25) is 0 Å². The van der Waals surface area contributed by atoms with Crippen LogP contribution in [0.25, 0.3) is 0 Å². The molecule has 2 heterocycles. The average molecular weight is 381 g/mol. The summed E-state index contributed by atoms with van der Waals surface area (Å²) in [6, 6.07) is 1.16. The number of hydrazone groups is 1. The quantitative estimate of drug-likeness (QED) is 0.796. The highest BCUT2D eigenvalue weighted by atomic mass is 32.2. The fourth-order valence-corrected chi connectivity index (χ4v) is 3.45. The minimum absolute atomic E-state index is 0.0817. The van der Waals surface area contributed by atoms with E-state index in [2.05, 4.69) is 10.1 Å². The largest absolute Gasteiger partial charge is 0.516 e. The van der Waals surface area contributed by atoms with Crippen LogP contribution in [0.3, 0.4) is 0 Å². The fraction of sp³-hybridized carbons (Fsp3) is 0.538. The first kappa shape index (κ1) is 17.9. The molecule has 0 aromatic carbocycles. The molecule has 1 aliphatic carbocycles. The molecule has 0 saturated heterocycles. The van der Waals surface area contributed by atoms with Crippen molar-refractivity contribution in [3.8, 4) is 0 Å². The summed E-state index contributed by atoms with van der Waals surface area (Å²) < 4.78 is 76.5. The van der Waals surface area contributed by atoms with Gasteiger partial charge >= 0.3 is 15.5 Å². The lowest BCUT2D eigenvalue weighted by molar-refractivity contribution is -0.0473. The number of nitrogens with zero attached hydrogens (tertiary/aromatic N) is 4. The zero-order valence-corrected chi connectivity index (χ0v) is 13.7. The Bertz CT molecular complexity index is 807. The highest BCUT2D eigenvalue weighted by Crippen LogP contribution is 2.38. The van der Waals surface area contributed by atoms with Crippen LogP contribution in [-0.2, 0) is 16.6 Å². The zero-order chi connectivity index (χ0) is 18.4. The molecule has 0 bridgehead atoms. The fourth-order valence-electron chi connectivity index (χ4n) is 2.44.